The van der Waals surface area contributed by atoms with Gasteiger partial charge in [0.05, 0.1) is 18.0 Å². The molecule has 0 aliphatic carbocycles. The maximum atomic E-state index is 12.2. The van der Waals surface area contributed by atoms with E-state index in [1.807, 2.05) is 0 Å². The molecule has 2 rings (SSSR count). The molecule has 5 nitrogen and oxygen atoms in total. The lowest BCUT2D eigenvalue weighted by molar-refractivity contribution is 0.121. The number of hydrogen-bond acceptors (Lipinski definition) is 4. The topological polar surface area (TPSA) is 47.4 Å². The summed E-state index contributed by atoms with van der Waals surface area (Å²) in [4.78, 5) is 14.3. The Morgan fingerprint density at radius 3 is 2.95 bits per heavy atom. The Morgan fingerprint density at radius 2 is 2.33 bits per heavy atom. The van der Waals surface area contributed by atoms with Gasteiger partial charge in [0.1, 0.15) is 0 Å². The minimum absolute atomic E-state index is 0.0144. The summed E-state index contributed by atoms with van der Waals surface area (Å²) in [6.45, 7) is 4.65. The molecule has 0 saturated carbocycles. The molecule has 1 aromatic heterocycles. The lowest BCUT2D eigenvalue weighted by atomic mass is 10.1. The number of aryl methyl sites for hydroxylation is 1. The van der Waals surface area contributed by atoms with E-state index in [2.05, 4.69) is 32.9 Å². The summed E-state index contributed by atoms with van der Waals surface area (Å²) < 4.78 is 6.92. The fourth-order valence-electron chi connectivity index (χ4n) is 2.59. The molecular weight excluding hydrogens is 334 g/mol. The van der Waals surface area contributed by atoms with Crippen LogP contribution in [0, 0.1) is 5.92 Å². The Balaban J connectivity index is 1.96. The molecule has 1 aromatic rings. The average Bonchev–Trinajstić information content (AvgIpc) is 2.95. The second-order valence-corrected chi connectivity index (χ2v) is 6.53. The van der Waals surface area contributed by atoms with Gasteiger partial charge in [0.25, 0.3) is 5.56 Å². The molecule has 0 spiro atoms. The van der Waals surface area contributed by atoms with Crippen molar-refractivity contribution >= 4 is 21.6 Å². The van der Waals surface area contributed by atoms with E-state index in [1.165, 1.54) is 0 Å². The molecular formula is C15H24BrN3O2. The highest BCUT2D eigenvalue weighted by Crippen LogP contribution is 2.19. The van der Waals surface area contributed by atoms with E-state index in [0.29, 0.717) is 12.5 Å². The van der Waals surface area contributed by atoms with Gasteiger partial charge < -0.3 is 9.64 Å². The predicted octanol–water partition coefficient (Wildman–Crippen LogP) is 2.28. The van der Waals surface area contributed by atoms with Gasteiger partial charge >= 0.3 is 0 Å². The molecule has 1 fully saturated rings. The fourth-order valence-corrected chi connectivity index (χ4v) is 3.37. The lowest BCUT2D eigenvalue weighted by Crippen LogP contribution is -2.28. The summed E-state index contributed by atoms with van der Waals surface area (Å²) in [5, 5.41) is 5.32. The molecule has 1 saturated heterocycles. The summed E-state index contributed by atoms with van der Waals surface area (Å²) in [6, 6.07) is 1.69. The highest BCUT2D eigenvalue weighted by Gasteiger charge is 2.22. The number of aromatic nitrogens is 2. The third-order valence-electron chi connectivity index (χ3n) is 4.13. The first-order chi connectivity index (χ1) is 10.1. The lowest BCUT2D eigenvalue weighted by Gasteiger charge is -2.18. The number of rotatable bonds is 7. The number of alkyl halides is 1. The number of hydrogen-bond donors (Lipinski definition) is 0. The Bertz CT molecular complexity index is 506. The van der Waals surface area contributed by atoms with Gasteiger partial charge in [-0.15, -0.1) is 0 Å². The first-order valence-electron chi connectivity index (χ1n) is 7.55. The number of methoxy groups -OCH3 is 1. The number of anilines is 1. The van der Waals surface area contributed by atoms with E-state index < -0.39 is 0 Å². The van der Waals surface area contributed by atoms with Crippen LogP contribution >= 0.6 is 15.9 Å². The van der Waals surface area contributed by atoms with Crippen LogP contribution in [-0.4, -0.2) is 41.4 Å². The normalized spacial score (nSPS) is 20.0. The summed E-state index contributed by atoms with van der Waals surface area (Å²) in [6.07, 6.45) is 5.17. The molecule has 21 heavy (non-hydrogen) atoms. The molecule has 1 aliphatic rings. The minimum Gasteiger partial charge on any atom is -0.380 e. The summed E-state index contributed by atoms with van der Waals surface area (Å²) >= 11 is 3.45. The van der Waals surface area contributed by atoms with E-state index in [-0.39, 0.29) is 11.7 Å². The van der Waals surface area contributed by atoms with Crippen molar-refractivity contribution in [2.45, 2.75) is 38.8 Å². The third kappa shape index (κ3) is 4.54. The van der Waals surface area contributed by atoms with Gasteiger partial charge in [0.15, 0.2) is 0 Å². The first kappa shape index (κ1) is 16.5. The van der Waals surface area contributed by atoms with Gasteiger partial charge in [-0.3, -0.25) is 4.79 Å². The second kappa shape index (κ2) is 7.94. The standard InChI is InChI=1S/C15H24BrN3O2/c1-12(3-6-16)4-8-19-15(20)9-13(10-17-19)18-7-5-14(11-18)21-2/h9-10,12,14H,3-8,11H2,1-2H3. The molecule has 2 heterocycles. The predicted molar refractivity (Wildman–Crippen MR) is 88.3 cm³/mol. The minimum atomic E-state index is -0.0144. The van der Waals surface area contributed by atoms with E-state index in [4.69, 9.17) is 4.74 Å². The van der Waals surface area contributed by atoms with Gasteiger partial charge in [-0.2, -0.15) is 5.10 Å². The highest BCUT2D eigenvalue weighted by atomic mass is 79.9. The fraction of sp³-hybridized carbons (Fsp3) is 0.733. The van der Waals surface area contributed by atoms with Crippen molar-refractivity contribution < 1.29 is 4.74 Å². The van der Waals surface area contributed by atoms with Gasteiger partial charge in [0, 0.05) is 38.1 Å². The average molecular weight is 358 g/mol. The van der Waals surface area contributed by atoms with Crippen LogP contribution in [0.1, 0.15) is 26.2 Å². The Morgan fingerprint density at radius 1 is 1.52 bits per heavy atom. The van der Waals surface area contributed by atoms with Crippen molar-refractivity contribution in [3.05, 3.63) is 22.6 Å². The number of halogens is 1. The van der Waals surface area contributed by atoms with Gasteiger partial charge in [-0.1, -0.05) is 22.9 Å². The summed E-state index contributed by atoms with van der Waals surface area (Å²) in [5.74, 6) is 0.596. The molecule has 0 radical (unpaired) electrons. The van der Waals surface area contributed by atoms with Crippen LogP contribution in [0.3, 0.4) is 0 Å². The summed E-state index contributed by atoms with van der Waals surface area (Å²) in [7, 11) is 1.73. The highest BCUT2D eigenvalue weighted by molar-refractivity contribution is 9.09. The molecule has 2 atom stereocenters. The zero-order valence-electron chi connectivity index (χ0n) is 12.8. The maximum Gasteiger partial charge on any atom is 0.268 e. The van der Waals surface area contributed by atoms with Gasteiger partial charge in [-0.05, 0) is 25.2 Å². The molecule has 2 unspecified atom stereocenters. The summed E-state index contributed by atoms with van der Waals surface area (Å²) in [5.41, 5.74) is 0.892. The third-order valence-corrected chi connectivity index (χ3v) is 4.59. The van der Waals surface area contributed by atoms with Crippen LogP contribution in [0.25, 0.3) is 0 Å². The van der Waals surface area contributed by atoms with Crippen LogP contribution in [0.2, 0.25) is 0 Å². The SMILES string of the molecule is COC1CCN(c2cnn(CCC(C)CCBr)c(=O)c2)C1. The first-order valence-corrected chi connectivity index (χ1v) is 8.67. The Labute approximate surface area is 134 Å². The molecule has 118 valence electrons. The quantitative estimate of drug-likeness (QED) is 0.702. The largest absolute Gasteiger partial charge is 0.380 e. The van der Waals surface area contributed by atoms with Crippen molar-refractivity contribution in [1.29, 1.82) is 0 Å². The van der Waals surface area contributed by atoms with Crippen molar-refractivity contribution in [3.63, 3.8) is 0 Å². The zero-order chi connectivity index (χ0) is 15.2. The van der Waals surface area contributed by atoms with E-state index >= 15 is 0 Å². The smallest absolute Gasteiger partial charge is 0.268 e. The van der Waals surface area contributed by atoms with Crippen molar-refractivity contribution in [1.82, 2.24) is 9.78 Å². The molecule has 1 aliphatic heterocycles. The van der Waals surface area contributed by atoms with Gasteiger partial charge in [-0.25, -0.2) is 4.68 Å². The monoisotopic (exact) mass is 357 g/mol. The van der Waals surface area contributed by atoms with Crippen LogP contribution in [0.5, 0.6) is 0 Å². The van der Waals surface area contributed by atoms with E-state index in [0.717, 1.165) is 43.4 Å². The van der Waals surface area contributed by atoms with E-state index in [1.54, 1.807) is 24.1 Å². The molecule has 0 bridgehead atoms. The Hall–Kier alpha value is -0.880. The van der Waals surface area contributed by atoms with Crippen molar-refractivity contribution in [2.24, 2.45) is 5.92 Å². The molecule has 6 heteroatoms. The number of nitrogens with zero attached hydrogens (tertiary/aromatic N) is 3. The van der Waals surface area contributed by atoms with E-state index in [9.17, 15) is 4.79 Å². The maximum absolute atomic E-state index is 12.2. The molecule has 0 N–H and O–H groups in total. The van der Waals surface area contributed by atoms with Crippen molar-refractivity contribution in [3.8, 4) is 0 Å². The number of ether oxygens (including phenoxy) is 1. The zero-order valence-corrected chi connectivity index (χ0v) is 14.4. The van der Waals surface area contributed by atoms with Gasteiger partial charge in [0.2, 0.25) is 0 Å². The van der Waals surface area contributed by atoms with Crippen molar-refractivity contribution in [2.75, 3.05) is 30.4 Å². The van der Waals surface area contributed by atoms with Crippen LogP contribution in [0.4, 0.5) is 5.69 Å². The van der Waals surface area contributed by atoms with Crippen LogP contribution in [-0.2, 0) is 11.3 Å². The van der Waals surface area contributed by atoms with Crippen LogP contribution < -0.4 is 10.5 Å². The molecule has 0 aromatic carbocycles. The van der Waals surface area contributed by atoms with Crippen LogP contribution in [0.15, 0.2) is 17.1 Å². The second-order valence-electron chi connectivity index (χ2n) is 5.74. The Kier molecular flexibility index (Phi) is 6.23. The molecule has 0 amide bonds.